The van der Waals surface area contributed by atoms with Crippen LogP contribution in [0.15, 0.2) is 12.3 Å². The summed E-state index contributed by atoms with van der Waals surface area (Å²) >= 11 is 0. The monoisotopic (exact) mass is 228 g/mol. The third-order valence-corrected chi connectivity index (χ3v) is 2.38. The Morgan fingerprint density at radius 2 is 1.88 bits per heavy atom. The van der Waals surface area contributed by atoms with E-state index in [1.165, 1.54) is 13.2 Å². The lowest BCUT2D eigenvalue weighted by molar-refractivity contribution is -0.134. The van der Waals surface area contributed by atoms with Gasteiger partial charge >= 0.3 is 5.97 Å². The molecule has 0 rings (SSSR count). The van der Waals surface area contributed by atoms with Gasteiger partial charge in [-0.25, -0.2) is 4.79 Å². The Kier molecular flexibility index (Phi) is 7.64. The van der Waals surface area contributed by atoms with Gasteiger partial charge in [0.05, 0.1) is 7.11 Å². The summed E-state index contributed by atoms with van der Waals surface area (Å²) in [6.07, 6.45) is 3.01. The van der Waals surface area contributed by atoms with Gasteiger partial charge in [-0.3, -0.25) is 4.90 Å². The maximum absolute atomic E-state index is 10.8. The van der Waals surface area contributed by atoms with E-state index in [-0.39, 0.29) is 5.97 Å². The van der Waals surface area contributed by atoms with Crippen LogP contribution in [0.4, 0.5) is 0 Å². The van der Waals surface area contributed by atoms with Crippen molar-refractivity contribution >= 4 is 5.97 Å². The van der Waals surface area contributed by atoms with Gasteiger partial charge in [-0.1, -0.05) is 0 Å². The number of hydrogen-bond donors (Lipinski definition) is 1. The lowest BCUT2D eigenvalue weighted by atomic mass is 10.2. The molecule has 1 N–H and O–H groups in total. The minimum Gasteiger partial charge on any atom is -0.466 e. The summed E-state index contributed by atoms with van der Waals surface area (Å²) in [5.41, 5.74) is 0. The van der Waals surface area contributed by atoms with Crippen molar-refractivity contribution in [3.8, 4) is 0 Å². The number of ether oxygens (including phenoxy) is 1. The van der Waals surface area contributed by atoms with Crippen LogP contribution >= 0.6 is 0 Å². The second-order valence-corrected chi connectivity index (χ2v) is 4.24. The third-order valence-electron chi connectivity index (χ3n) is 2.38. The Hall–Kier alpha value is -1.03. The first kappa shape index (κ1) is 15.0. The van der Waals surface area contributed by atoms with Gasteiger partial charge in [0, 0.05) is 37.4 Å². The van der Waals surface area contributed by atoms with E-state index in [0.29, 0.717) is 12.1 Å². The van der Waals surface area contributed by atoms with E-state index < -0.39 is 0 Å². The zero-order valence-corrected chi connectivity index (χ0v) is 11.0. The first-order valence-corrected chi connectivity index (χ1v) is 5.72. The summed E-state index contributed by atoms with van der Waals surface area (Å²) in [6.45, 7) is 10.5. The van der Waals surface area contributed by atoms with Crippen LogP contribution in [-0.4, -0.2) is 43.2 Å². The topological polar surface area (TPSA) is 41.6 Å². The summed E-state index contributed by atoms with van der Waals surface area (Å²) in [6, 6.07) is 1.07. The number of carbonyl (C=O) groups excluding carboxylic acids is 1. The molecule has 0 saturated heterocycles. The standard InChI is InChI=1S/C12H24N2O2/c1-10(2)14(11(3)4)9-8-13-7-6-12(15)16-5/h6-7,10-11,13H,8-9H2,1-5H3/b7-6+. The first-order valence-electron chi connectivity index (χ1n) is 5.72. The van der Waals surface area contributed by atoms with E-state index in [0.717, 1.165) is 13.1 Å². The molecule has 0 bridgehead atoms. The molecule has 4 nitrogen and oxygen atoms in total. The summed E-state index contributed by atoms with van der Waals surface area (Å²) in [4.78, 5) is 13.2. The summed E-state index contributed by atoms with van der Waals surface area (Å²) in [5.74, 6) is -0.336. The highest BCUT2D eigenvalue weighted by atomic mass is 16.5. The number of rotatable bonds is 7. The molecule has 0 atom stereocenters. The molecule has 0 unspecified atom stereocenters. The molecule has 4 heteroatoms. The van der Waals surface area contributed by atoms with E-state index in [4.69, 9.17) is 0 Å². The van der Waals surface area contributed by atoms with E-state index in [2.05, 4.69) is 42.6 Å². The van der Waals surface area contributed by atoms with Crippen molar-refractivity contribution in [2.24, 2.45) is 0 Å². The fourth-order valence-electron chi connectivity index (χ4n) is 1.58. The Labute approximate surface area is 98.6 Å². The minimum absolute atomic E-state index is 0.336. The molecule has 0 aromatic carbocycles. The fourth-order valence-corrected chi connectivity index (χ4v) is 1.58. The zero-order chi connectivity index (χ0) is 12.6. The molecule has 94 valence electrons. The van der Waals surface area contributed by atoms with Crippen molar-refractivity contribution < 1.29 is 9.53 Å². The van der Waals surface area contributed by atoms with Crippen molar-refractivity contribution in [2.75, 3.05) is 20.2 Å². The predicted molar refractivity (Wildman–Crippen MR) is 66.1 cm³/mol. The van der Waals surface area contributed by atoms with Gasteiger partial charge in [0.15, 0.2) is 0 Å². The largest absolute Gasteiger partial charge is 0.466 e. The molecule has 0 aliphatic heterocycles. The average molecular weight is 228 g/mol. The number of hydrogen-bond acceptors (Lipinski definition) is 4. The minimum atomic E-state index is -0.336. The van der Waals surface area contributed by atoms with Crippen LogP contribution in [0.2, 0.25) is 0 Å². The van der Waals surface area contributed by atoms with Crippen molar-refractivity contribution in [3.63, 3.8) is 0 Å². The van der Waals surface area contributed by atoms with Gasteiger partial charge in [-0.2, -0.15) is 0 Å². The van der Waals surface area contributed by atoms with Gasteiger partial charge in [0.2, 0.25) is 0 Å². The molecule has 0 radical (unpaired) electrons. The van der Waals surface area contributed by atoms with E-state index in [1.807, 2.05) is 0 Å². The normalized spacial score (nSPS) is 11.8. The molecule has 0 saturated carbocycles. The van der Waals surface area contributed by atoms with Crippen LogP contribution < -0.4 is 5.32 Å². The van der Waals surface area contributed by atoms with Crippen molar-refractivity contribution in [2.45, 2.75) is 39.8 Å². The predicted octanol–water partition coefficient (Wildman–Crippen LogP) is 1.38. The Bertz CT molecular complexity index is 217. The van der Waals surface area contributed by atoms with E-state index >= 15 is 0 Å². The summed E-state index contributed by atoms with van der Waals surface area (Å²) in [7, 11) is 1.37. The number of nitrogens with zero attached hydrogens (tertiary/aromatic N) is 1. The van der Waals surface area contributed by atoms with Crippen LogP contribution in [0.5, 0.6) is 0 Å². The quantitative estimate of drug-likeness (QED) is 0.406. The van der Waals surface area contributed by atoms with E-state index in [1.54, 1.807) is 6.20 Å². The first-order chi connectivity index (χ1) is 7.49. The Morgan fingerprint density at radius 3 is 2.31 bits per heavy atom. The molecule has 0 fully saturated rings. The molecule has 0 aromatic heterocycles. The maximum atomic E-state index is 10.8. The molecular weight excluding hydrogens is 204 g/mol. The van der Waals surface area contributed by atoms with Crippen LogP contribution in [0.1, 0.15) is 27.7 Å². The SMILES string of the molecule is COC(=O)/C=C/NCCN(C(C)C)C(C)C. The second-order valence-electron chi connectivity index (χ2n) is 4.24. The highest BCUT2D eigenvalue weighted by molar-refractivity contribution is 5.81. The lowest BCUT2D eigenvalue weighted by Crippen LogP contribution is -2.40. The van der Waals surface area contributed by atoms with Gasteiger partial charge in [-0.15, -0.1) is 0 Å². The maximum Gasteiger partial charge on any atom is 0.331 e. The van der Waals surface area contributed by atoms with Gasteiger partial charge in [0.25, 0.3) is 0 Å². The number of esters is 1. The van der Waals surface area contributed by atoms with Crippen molar-refractivity contribution in [1.29, 1.82) is 0 Å². The molecular formula is C12H24N2O2. The molecule has 0 aliphatic rings. The van der Waals surface area contributed by atoms with Crippen molar-refractivity contribution in [3.05, 3.63) is 12.3 Å². The Morgan fingerprint density at radius 1 is 1.31 bits per heavy atom. The number of methoxy groups -OCH3 is 1. The molecule has 0 spiro atoms. The zero-order valence-electron chi connectivity index (χ0n) is 11.0. The molecule has 0 amide bonds. The van der Waals surface area contributed by atoms with Crippen LogP contribution in [0.3, 0.4) is 0 Å². The molecule has 0 aromatic rings. The van der Waals surface area contributed by atoms with Crippen LogP contribution in [-0.2, 0) is 9.53 Å². The van der Waals surface area contributed by atoms with Gasteiger partial charge < -0.3 is 10.1 Å². The molecule has 0 heterocycles. The third kappa shape index (κ3) is 6.45. The number of nitrogens with one attached hydrogen (secondary N) is 1. The van der Waals surface area contributed by atoms with Crippen molar-refractivity contribution in [1.82, 2.24) is 10.2 Å². The average Bonchev–Trinajstić information content (AvgIpc) is 2.21. The highest BCUT2D eigenvalue weighted by Gasteiger charge is 2.11. The van der Waals surface area contributed by atoms with E-state index in [9.17, 15) is 4.79 Å². The highest BCUT2D eigenvalue weighted by Crippen LogP contribution is 2.02. The van der Waals surface area contributed by atoms with Gasteiger partial charge in [-0.05, 0) is 27.7 Å². The fraction of sp³-hybridized carbons (Fsp3) is 0.750. The van der Waals surface area contributed by atoms with Crippen LogP contribution in [0.25, 0.3) is 0 Å². The molecule has 0 aliphatic carbocycles. The van der Waals surface area contributed by atoms with Crippen LogP contribution in [0, 0.1) is 0 Å². The second kappa shape index (κ2) is 8.16. The van der Waals surface area contributed by atoms with Gasteiger partial charge in [0.1, 0.15) is 0 Å². The lowest BCUT2D eigenvalue weighted by Gasteiger charge is -2.30. The Balaban J connectivity index is 3.79. The molecule has 16 heavy (non-hydrogen) atoms. The number of carbonyl (C=O) groups is 1. The summed E-state index contributed by atoms with van der Waals surface area (Å²) in [5, 5.41) is 3.07. The summed E-state index contributed by atoms with van der Waals surface area (Å²) < 4.78 is 4.48. The smallest absolute Gasteiger partial charge is 0.331 e.